The molecule has 2 aliphatic heterocycles. The van der Waals surface area contributed by atoms with Gasteiger partial charge in [0.15, 0.2) is 0 Å². The van der Waals surface area contributed by atoms with Crippen LogP contribution in [0.25, 0.3) is 0 Å². The van der Waals surface area contributed by atoms with Gasteiger partial charge >= 0.3 is 0 Å². The first-order valence-electron chi connectivity index (χ1n) is 7.35. The lowest BCUT2D eigenvalue weighted by molar-refractivity contribution is 0.0121. The predicted molar refractivity (Wildman–Crippen MR) is 69.1 cm³/mol. The molecule has 3 rings (SSSR count). The number of hydrogen-bond donors (Lipinski definition) is 1. The van der Waals surface area contributed by atoms with Crippen LogP contribution < -0.4 is 5.32 Å². The van der Waals surface area contributed by atoms with Crippen LogP contribution >= 0.6 is 0 Å². The fourth-order valence-corrected chi connectivity index (χ4v) is 3.30. The molecule has 1 N–H and O–H groups in total. The third-order valence-corrected chi connectivity index (χ3v) is 4.68. The first-order chi connectivity index (χ1) is 8.22. The van der Waals surface area contributed by atoms with E-state index in [-0.39, 0.29) is 0 Å². The van der Waals surface area contributed by atoms with Crippen molar-refractivity contribution < 1.29 is 4.74 Å². The molecule has 1 aliphatic carbocycles. The van der Waals surface area contributed by atoms with Crippen LogP contribution in [-0.2, 0) is 4.74 Å². The van der Waals surface area contributed by atoms with Crippen molar-refractivity contribution in [2.75, 3.05) is 19.6 Å². The highest BCUT2D eigenvalue weighted by Crippen LogP contribution is 2.34. The van der Waals surface area contributed by atoms with Crippen LogP contribution in [-0.4, -0.2) is 48.8 Å². The Morgan fingerprint density at radius 3 is 2.65 bits per heavy atom. The molecule has 0 bridgehead atoms. The molecule has 0 aromatic carbocycles. The number of nitrogens with zero attached hydrogens (tertiary/aromatic N) is 1. The summed E-state index contributed by atoms with van der Waals surface area (Å²) >= 11 is 0. The Bertz CT molecular complexity index is 267. The van der Waals surface area contributed by atoms with Crippen LogP contribution in [0.3, 0.4) is 0 Å². The number of ether oxygens (including phenoxy) is 1. The number of nitrogens with one attached hydrogen (secondary N) is 1. The summed E-state index contributed by atoms with van der Waals surface area (Å²) in [5.74, 6) is 0.966. The van der Waals surface area contributed by atoms with Crippen molar-refractivity contribution in [2.45, 2.75) is 63.8 Å². The maximum atomic E-state index is 5.96. The van der Waals surface area contributed by atoms with Gasteiger partial charge in [-0.1, -0.05) is 0 Å². The normalized spacial score (nSPS) is 44.1. The summed E-state index contributed by atoms with van der Waals surface area (Å²) in [6.45, 7) is 8.09. The maximum Gasteiger partial charge on any atom is 0.0706 e. The number of piperazine rings is 1. The summed E-state index contributed by atoms with van der Waals surface area (Å²) in [5, 5.41) is 3.71. The molecule has 0 radical (unpaired) electrons. The zero-order chi connectivity index (χ0) is 11.8. The second kappa shape index (κ2) is 4.87. The van der Waals surface area contributed by atoms with Gasteiger partial charge in [0.2, 0.25) is 0 Å². The van der Waals surface area contributed by atoms with Gasteiger partial charge in [-0.05, 0) is 45.4 Å². The average molecular weight is 238 g/mol. The minimum Gasteiger partial charge on any atom is -0.374 e. The summed E-state index contributed by atoms with van der Waals surface area (Å²) in [6.07, 6.45) is 6.36. The van der Waals surface area contributed by atoms with Crippen LogP contribution in [0.4, 0.5) is 0 Å². The zero-order valence-electron chi connectivity index (χ0n) is 11.2. The fraction of sp³-hybridized carbons (Fsp3) is 1.00. The smallest absolute Gasteiger partial charge is 0.0706 e. The Morgan fingerprint density at radius 2 is 2.00 bits per heavy atom. The SMILES string of the molecule is CC1CCC(CN2CC(C3CC3)NCC2C)O1. The molecule has 17 heavy (non-hydrogen) atoms. The lowest BCUT2D eigenvalue weighted by atomic mass is 10.1. The maximum absolute atomic E-state index is 5.96. The van der Waals surface area contributed by atoms with E-state index >= 15 is 0 Å². The summed E-state index contributed by atoms with van der Waals surface area (Å²) in [4.78, 5) is 2.65. The van der Waals surface area contributed by atoms with E-state index in [1.165, 1.54) is 32.2 Å². The van der Waals surface area contributed by atoms with E-state index in [0.29, 0.717) is 18.2 Å². The summed E-state index contributed by atoms with van der Waals surface area (Å²) in [5.41, 5.74) is 0. The molecule has 0 aromatic rings. The van der Waals surface area contributed by atoms with Crippen LogP contribution in [0.5, 0.6) is 0 Å². The van der Waals surface area contributed by atoms with Crippen molar-refractivity contribution in [1.82, 2.24) is 10.2 Å². The van der Waals surface area contributed by atoms with Gasteiger partial charge in [-0.2, -0.15) is 0 Å². The van der Waals surface area contributed by atoms with Crippen LogP contribution in [0.1, 0.15) is 39.5 Å². The Balaban J connectivity index is 1.52. The van der Waals surface area contributed by atoms with Crippen molar-refractivity contribution in [2.24, 2.45) is 5.92 Å². The summed E-state index contributed by atoms with van der Waals surface area (Å²) < 4.78 is 5.96. The van der Waals surface area contributed by atoms with Crippen LogP contribution in [0, 0.1) is 5.92 Å². The first-order valence-corrected chi connectivity index (χ1v) is 7.35. The van der Waals surface area contributed by atoms with Crippen molar-refractivity contribution in [3.63, 3.8) is 0 Å². The van der Waals surface area contributed by atoms with E-state index in [9.17, 15) is 0 Å². The predicted octanol–water partition coefficient (Wildman–Crippen LogP) is 1.63. The Hall–Kier alpha value is -0.120. The van der Waals surface area contributed by atoms with E-state index in [2.05, 4.69) is 24.1 Å². The Morgan fingerprint density at radius 1 is 1.18 bits per heavy atom. The molecule has 3 nitrogen and oxygen atoms in total. The standard InChI is InChI=1S/C14H26N2O/c1-10-7-15-14(12-4-5-12)9-16(10)8-13-6-3-11(2)17-13/h10-15H,3-9H2,1-2H3. The molecule has 2 saturated heterocycles. The largest absolute Gasteiger partial charge is 0.374 e. The lowest BCUT2D eigenvalue weighted by Gasteiger charge is -2.40. The van der Waals surface area contributed by atoms with Crippen molar-refractivity contribution in [3.05, 3.63) is 0 Å². The van der Waals surface area contributed by atoms with Gasteiger partial charge in [0.05, 0.1) is 12.2 Å². The minimum absolute atomic E-state index is 0.484. The third-order valence-electron chi connectivity index (χ3n) is 4.68. The molecular weight excluding hydrogens is 212 g/mol. The van der Waals surface area contributed by atoms with E-state index in [4.69, 9.17) is 4.74 Å². The quantitative estimate of drug-likeness (QED) is 0.809. The molecule has 3 fully saturated rings. The molecule has 0 aromatic heterocycles. The second-order valence-corrected chi connectivity index (χ2v) is 6.30. The molecule has 0 amide bonds. The summed E-state index contributed by atoms with van der Waals surface area (Å²) in [6, 6.07) is 1.43. The molecule has 98 valence electrons. The lowest BCUT2D eigenvalue weighted by Crippen LogP contribution is -2.57. The first kappa shape index (κ1) is 11.9. The van der Waals surface area contributed by atoms with Crippen LogP contribution in [0.2, 0.25) is 0 Å². The molecule has 1 saturated carbocycles. The van der Waals surface area contributed by atoms with Gasteiger partial charge < -0.3 is 10.1 Å². The fourth-order valence-electron chi connectivity index (χ4n) is 3.30. The second-order valence-electron chi connectivity index (χ2n) is 6.30. The molecule has 4 unspecified atom stereocenters. The van der Waals surface area contributed by atoms with E-state index in [1.807, 2.05) is 0 Å². The topological polar surface area (TPSA) is 24.5 Å². The van der Waals surface area contributed by atoms with Crippen molar-refractivity contribution in [1.29, 1.82) is 0 Å². The highest BCUT2D eigenvalue weighted by molar-refractivity contribution is 4.94. The summed E-state index contributed by atoms with van der Waals surface area (Å²) in [7, 11) is 0. The van der Waals surface area contributed by atoms with Gasteiger partial charge in [-0.15, -0.1) is 0 Å². The molecule has 4 atom stereocenters. The Labute approximate surface area is 105 Å². The Kier molecular flexibility index (Phi) is 3.42. The number of hydrogen-bond acceptors (Lipinski definition) is 3. The van der Waals surface area contributed by atoms with Gasteiger partial charge in [-0.3, -0.25) is 4.90 Å². The van der Waals surface area contributed by atoms with Gasteiger partial charge in [-0.25, -0.2) is 0 Å². The van der Waals surface area contributed by atoms with Crippen molar-refractivity contribution >= 4 is 0 Å². The minimum atomic E-state index is 0.484. The average Bonchev–Trinajstić information content (AvgIpc) is 3.07. The van der Waals surface area contributed by atoms with E-state index in [1.54, 1.807) is 0 Å². The molecule has 3 heteroatoms. The monoisotopic (exact) mass is 238 g/mol. The zero-order valence-corrected chi connectivity index (χ0v) is 11.2. The van der Waals surface area contributed by atoms with Gasteiger partial charge in [0, 0.05) is 31.7 Å². The molecular formula is C14H26N2O. The van der Waals surface area contributed by atoms with Crippen LogP contribution in [0.15, 0.2) is 0 Å². The highest BCUT2D eigenvalue weighted by atomic mass is 16.5. The van der Waals surface area contributed by atoms with Gasteiger partial charge in [0.25, 0.3) is 0 Å². The number of rotatable bonds is 3. The molecule has 3 aliphatic rings. The van der Waals surface area contributed by atoms with E-state index in [0.717, 1.165) is 25.0 Å². The van der Waals surface area contributed by atoms with E-state index < -0.39 is 0 Å². The molecule has 0 spiro atoms. The highest BCUT2D eigenvalue weighted by Gasteiger charge is 2.37. The van der Waals surface area contributed by atoms with Gasteiger partial charge in [0.1, 0.15) is 0 Å². The third kappa shape index (κ3) is 2.83. The van der Waals surface area contributed by atoms with Crippen molar-refractivity contribution in [3.8, 4) is 0 Å². The molecule has 2 heterocycles.